The number of hydrogen-bond acceptors (Lipinski definition) is 5. The van der Waals surface area contributed by atoms with E-state index in [4.69, 9.17) is 17.2 Å². The van der Waals surface area contributed by atoms with Gasteiger partial charge in [-0.25, -0.2) is 0 Å². The molecule has 0 saturated heterocycles. The van der Waals surface area contributed by atoms with Crippen LogP contribution in [-0.4, -0.2) is 41.9 Å². The molecule has 35 heavy (non-hydrogen) atoms. The van der Waals surface area contributed by atoms with Crippen molar-refractivity contribution < 1.29 is 14.4 Å². The molecule has 2 fully saturated rings. The van der Waals surface area contributed by atoms with E-state index in [-0.39, 0.29) is 17.7 Å². The largest absolute Gasteiger partial charge is 0.368 e. The molecule has 3 amide bonds. The van der Waals surface area contributed by atoms with Gasteiger partial charge in [0.05, 0.1) is 5.54 Å². The van der Waals surface area contributed by atoms with Crippen molar-refractivity contribution in [1.29, 1.82) is 0 Å². The van der Waals surface area contributed by atoms with Crippen LogP contribution in [0, 0.1) is 23.7 Å². The molecule has 2 aliphatic carbocycles. The van der Waals surface area contributed by atoms with Crippen molar-refractivity contribution in [2.45, 2.75) is 122 Å². The first kappa shape index (κ1) is 29.6. The second-order valence-electron chi connectivity index (χ2n) is 11.6. The molecule has 2 saturated carbocycles. The number of carbonyl (C=O) groups excluding carboxylic acids is 3. The summed E-state index contributed by atoms with van der Waals surface area (Å²) in [5.41, 5.74) is 17.0. The van der Waals surface area contributed by atoms with E-state index >= 15 is 0 Å². The van der Waals surface area contributed by atoms with Crippen LogP contribution in [-0.2, 0) is 14.4 Å². The van der Waals surface area contributed by atoms with Gasteiger partial charge in [0.1, 0.15) is 12.1 Å². The first-order valence-corrected chi connectivity index (χ1v) is 14.0. The number of hydrogen-bond donors (Lipinski definition) is 5. The molecule has 0 spiro atoms. The van der Waals surface area contributed by atoms with Gasteiger partial charge in [-0.05, 0) is 75.2 Å². The topological polar surface area (TPSA) is 153 Å². The molecule has 0 heterocycles. The quantitative estimate of drug-likeness (QED) is 0.209. The molecular formula is C27H51N5O3. The fraction of sp³-hybridized carbons (Fsp3) is 0.889. The third-order valence-corrected chi connectivity index (χ3v) is 7.95. The number of nitrogens with one attached hydrogen (secondary N) is 2. The predicted molar refractivity (Wildman–Crippen MR) is 140 cm³/mol. The summed E-state index contributed by atoms with van der Waals surface area (Å²) in [7, 11) is 0. The van der Waals surface area contributed by atoms with Crippen LogP contribution < -0.4 is 27.8 Å². The van der Waals surface area contributed by atoms with Crippen LogP contribution in [0.1, 0.15) is 104 Å². The van der Waals surface area contributed by atoms with E-state index in [0.29, 0.717) is 50.5 Å². The fourth-order valence-electron chi connectivity index (χ4n) is 5.86. The van der Waals surface area contributed by atoms with Crippen molar-refractivity contribution in [2.75, 3.05) is 6.54 Å². The van der Waals surface area contributed by atoms with Crippen molar-refractivity contribution in [1.82, 2.24) is 10.6 Å². The normalized spacial score (nSPS) is 23.8. The highest BCUT2D eigenvalue weighted by molar-refractivity contribution is 5.94. The molecule has 0 aromatic rings. The minimum atomic E-state index is -1.02. The third kappa shape index (κ3) is 9.37. The highest BCUT2D eigenvalue weighted by atomic mass is 16.2. The summed E-state index contributed by atoms with van der Waals surface area (Å²) in [5.74, 6) is 0.929. The summed E-state index contributed by atoms with van der Waals surface area (Å²) in [6, 6.07) is -1.50. The van der Waals surface area contributed by atoms with Gasteiger partial charge in [-0.3, -0.25) is 14.4 Å². The van der Waals surface area contributed by atoms with E-state index in [1.165, 1.54) is 32.1 Å². The number of unbranched alkanes of at least 4 members (excludes halogenated alkanes) is 1. The van der Waals surface area contributed by atoms with E-state index in [1.807, 2.05) is 20.8 Å². The van der Waals surface area contributed by atoms with Crippen molar-refractivity contribution in [2.24, 2.45) is 40.9 Å². The average molecular weight is 494 g/mol. The Bertz CT molecular complexity index is 694. The van der Waals surface area contributed by atoms with Gasteiger partial charge < -0.3 is 27.8 Å². The van der Waals surface area contributed by atoms with Crippen LogP contribution >= 0.6 is 0 Å². The van der Waals surface area contributed by atoms with Gasteiger partial charge in [-0.1, -0.05) is 59.3 Å². The number of primary amides is 1. The Morgan fingerprint density at radius 2 is 1.71 bits per heavy atom. The van der Waals surface area contributed by atoms with Gasteiger partial charge in [0.15, 0.2) is 0 Å². The lowest BCUT2D eigenvalue weighted by atomic mass is 9.82. The zero-order valence-corrected chi connectivity index (χ0v) is 22.3. The number of rotatable bonds is 16. The molecule has 2 aliphatic rings. The van der Waals surface area contributed by atoms with Crippen molar-refractivity contribution in [3.05, 3.63) is 0 Å². The summed E-state index contributed by atoms with van der Waals surface area (Å²) in [4.78, 5) is 38.5. The van der Waals surface area contributed by atoms with Gasteiger partial charge in [0, 0.05) is 0 Å². The molecule has 8 N–H and O–H groups in total. The van der Waals surface area contributed by atoms with Crippen LogP contribution in [0.4, 0.5) is 0 Å². The van der Waals surface area contributed by atoms with Crippen LogP contribution in [0.25, 0.3) is 0 Å². The summed E-state index contributed by atoms with van der Waals surface area (Å²) in [5, 5.41) is 5.71. The Morgan fingerprint density at radius 1 is 1.03 bits per heavy atom. The number of carbonyl (C=O) groups is 3. The lowest BCUT2D eigenvalue weighted by molar-refractivity contribution is -0.134. The molecule has 5 atom stereocenters. The predicted octanol–water partition coefficient (Wildman–Crippen LogP) is 2.72. The van der Waals surface area contributed by atoms with Crippen LogP contribution in [0.2, 0.25) is 0 Å². The molecule has 202 valence electrons. The Labute approximate surface area is 212 Å². The summed E-state index contributed by atoms with van der Waals surface area (Å²) in [6.45, 7) is 6.46. The molecule has 0 bridgehead atoms. The minimum absolute atomic E-state index is 0.196. The average Bonchev–Trinajstić information content (AvgIpc) is 3.57. The molecule has 0 aromatic heterocycles. The number of amides is 3. The Balaban J connectivity index is 2.06. The summed E-state index contributed by atoms with van der Waals surface area (Å²) >= 11 is 0. The molecule has 0 aliphatic heterocycles. The molecule has 2 rings (SSSR count). The zero-order valence-electron chi connectivity index (χ0n) is 22.3. The lowest BCUT2D eigenvalue weighted by Gasteiger charge is -2.32. The lowest BCUT2D eigenvalue weighted by Crippen LogP contribution is -2.60. The second-order valence-corrected chi connectivity index (χ2v) is 11.6. The third-order valence-electron chi connectivity index (χ3n) is 7.95. The molecular weight excluding hydrogens is 442 g/mol. The molecule has 8 heteroatoms. The van der Waals surface area contributed by atoms with Crippen LogP contribution in [0.5, 0.6) is 0 Å². The maximum atomic E-state index is 13.6. The molecule has 8 nitrogen and oxygen atoms in total. The van der Waals surface area contributed by atoms with Crippen molar-refractivity contribution in [3.8, 4) is 0 Å². The molecule has 0 unspecified atom stereocenters. The highest BCUT2D eigenvalue weighted by Gasteiger charge is 2.48. The maximum Gasteiger partial charge on any atom is 0.243 e. The van der Waals surface area contributed by atoms with Crippen LogP contribution in [0.3, 0.4) is 0 Å². The molecule has 0 aromatic carbocycles. The maximum absolute atomic E-state index is 13.6. The number of nitrogens with two attached hydrogens (primary N) is 3. The van der Waals surface area contributed by atoms with Crippen LogP contribution in [0.15, 0.2) is 0 Å². The Kier molecular flexibility index (Phi) is 12.0. The highest BCUT2D eigenvalue weighted by Crippen LogP contribution is 2.52. The summed E-state index contributed by atoms with van der Waals surface area (Å²) < 4.78 is 0. The van der Waals surface area contributed by atoms with Gasteiger partial charge in [-0.15, -0.1) is 0 Å². The molecule has 0 radical (unpaired) electrons. The smallest absolute Gasteiger partial charge is 0.243 e. The van der Waals surface area contributed by atoms with E-state index in [2.05, 4.69) is 10.6 Å². The van der Waals surface area contributed by atoms with E-state index in [0.717, 1.165) is 25.2 Å². The zero-order chi connectivity index (χ0) is 26.0. The monoisotopic (exact) mass is 493 g/mol. The van der Waals surface area contributed by atoms with E-state index < -0.39 is 23.5 Å². The van der Waals surface area contributed by atoms with Crippen molar-refractivity contribution >= 4 is 17.7 Å². The van der Waals surface area contributed by atoms with Gasteiger partial charge in [0.2, 0.25) is 17.7 Å². The summed E-state index contributed by atoms with van der Waals surface area (Å²) in [6.07, 6.45) is 12.2. The second kappa shape index (κ2) is 14.2. The van der Waals surface area contributed by atoms with E-state index in [1.54, 1.807) is 0 Å². The first-order chi connectivity index (χ1) is 16.6. The van der Waals surface area contributed by atoms with Gasteiger partial charge in [0.25, 0.3) is 0 Å². The van der Waals surface area contributed by atoms with Gasteiger partial charge in [-0.2, -0.15) is 0 Å². The minimum Gasteiger partial charge on any atom is -0.368 e. The van der Waals surface area contributed by atoms with Gasteiger partial charge >= 0.3 is 0 Å². The Hall–Kier alpha value is -1.67. The van der Waals surface area contributed by atoms with E-state index in [9.17, 15) is 14.4 Å². The first-order valence-electron chi connectivity index (χ1n) is 14.0. The van der Waals surface area contributed by atoms with Crippen molar-refractivity contribution in [3.63, 3.8) is 0 Å². The fourth-order valence-corrected chi connectivity index (χ4v) is 5.86. The standard InChI is InChI=1S/C27H51N5O3/c1-4-10-22(25(34)31-23(24(29)33)15-18(2)3)32-26(35)27(30,13-8-9-14-28)17-20-16-21(20)19-11-6-5-7-12-19/h18-23H,4-17,28,30H2,1-3H3,(H2,29,33)(H,31,34)(H,32,35)/t20-,21-,22-,23-,27+/m0/s1. The SMILES string of the molecule is CCC[C@H](NC(=O)[C@@](N)(CCCCN)C[C@@H]1C[C@H]1C1CCCCC1)C(=O)N[C@@H](CC(C)C)C(N)=O. The Morgan fingerprint density at radius 3 is 2.29 bits per heavy atom.